The normalized spacial score (nSPS) is 10.6. The van der Waals surface area contributed by atoms with E-state index < -0.39 is 0 Å². The molecule has 0 spiro atoms. The molecular weight excluding hydrogens is 180 g/mol. The first kappa shape index (κ1) is 13.4. The standard InChI is InChI=1S/C10H22N2O2/c1-4-14-10(13)6-8-11-7-5-9-12(2)3/h11H,4-9H2,1-3H3. The quantitative estimate of drug-likeness (QED) is 0.459. The summed E-state index contributed by atoms with van der Waals surface area (Å²) in [5.74, 6) is -0.118. The molecule has 0 aliphatic rings. The second-order valence-corrected chi connectivity index (χ2v) is 3.46. The Balaban J connectivity index is 3.09. The Morgan fingerprint density at radius 3 is 2.64 bits per heavy atom. The topological polar surface area (TPSA) is 41.6 Å². The van der Waals surface area contributed by atoms with Crippen LogP contribution in [0.3, 0.4) is 0 Å². The lowest BCUT2D eigenvalue weighted by molar-refractivity contribution is -0.142. The Morgan fingerprint density at radius 2 is 2.07 bits per heavy atom. The molecule has 1 N–H and O–H groups in total. The summed E-state index contributed by atoms with van der Waals surface area (Å²) >= 11 is 0. The SMILES string of the molecule is CCOC(=O)CCNCCCN(C)C. The first-order valence-corrected chi connectivity index (χ1v) is 5.18. The van der Waals surface area contributed by atoms with Gasteiger partial charge < -0.3 is 15.0 Å². The van der Waals surface area contributed by atoms with Crippen molar-refractivity contribution in [3.63, 3.8) is 0 Å². The first-order chi connectivity index (χ1) is 6.66. The maximum absolute atomic E-state index is 10.9. The van der Waals surface area contributed by atoms with Gasteiger partial charge in [-0.15, -0.1) is 0 Å². The summed E-state index contributed by atoms with van der Waals surface area (Å²) in [6.45, 7) is 5.04. The second-order valence-electron chi connectivity index (χ2n) is 3.46. The van der Waals surface area contributed by atoms with E-state index in [0.717, 1.165) is 19.5 Å². The molecule has 4 heteroatoms. The van der Waals surface area contributed by atoms with Crippen LogP contribution in [0.1, 0.15) is 19.8 Å². The van der Waals surface area contributed by atoms with E-state index in [-0.39, 0.29) is 5.97 Å². The average molecular weight is 202 g/mol. The van der Waals surface area contributed by atoms with Gasteiger partial charge in [-0.2, -0.15) is 0 Å². The summed E-state index contributed by atoms with van der Waals surface area (Å²) in [7, 11) is 4.11. The molecule has 0 aliphatic heterocycles. The molecule has 14 heavy (non-hydrogen) atoms. The lowest BCUT2D eigenvalue weighted by atomic mass is 10.3. The predicted molar refractivity (Wildman–Crippen MR) is 57.3 cm³/mol. The second kappa shape index (κ2) is 8.97. The van der Waals surface area contributed by atoms with Crippen LogP contribution in [0.25, 0.3) is 0 Å². The van der Waals surface area contributed by atoms with Gasteiger partial charge in [-0.25, -0.2) is 0 Å². The molecule has 0 fully saturated rings. The number of ether oxygens (including phenoxy) is 1. The van der Waals surface area contributed by atoms with Gasteiger partial charge >= 0.3 is 5.97 Å². The maximum Gasteiger partial charge on any atom is 0.307 e. The van der Waals surface area contributed by atoms with Crippen LogP contribution >= 0.6 is 0 Å². The number of esters is 1. The molecule has 0 radical (unpaired) electrons. The molecule has 0 amide bonds. The van der Waals surface area contributed by atoms with Gasteiger partial charge in [0.05, 0.1) is 13.0 Å². The number of hydrogen-bond acceptors (Lipinski definition) is 4. The third-order valence-electron chi connectivity index (χ3n) is 1.77. The zero-order valence-corrected chi connectivity index (χ0v) is 9.51. The van der Waals surface area contributed by atoms with Crippen LogP contribution in [0.15, 0.2) is 0 Å². The molecule has 0 heterocycles. The highest BCUT2D eigenvalue weighted by atomic mass is 16.5. The number of carbonyl (C=O) groups excluding carboxylic acids is 1. The minimum atomic E-state index is -0.118. The van der Waals surface area contributed by atoms with Crippen molar-refractivity contribution in [2.24, 2.45) is 0 Å². The molecule has 84 valence electrons. The Bertz CT molecular complexity index is 149. The molecule has 0 aromatic heterocycles. The number of nitrogens with one attached hydrogen (secondary N) is 1. The van der Waals surface area contributed by atoms with Crippen LogP contribution in [-0.4, -0.2) is 51.2 Å². The summed E-state index contributed by atoms with van der Waals surface area (Å²) in [5.41, 5.74) is 0. The molecule has 0 atom stereocenters. The number of nitrogens with zero attached hydrogens (tertiary/aromatic N) is 1. The van der Waals surface area contributed by atoms with Gasteiger partial charge in [0.15, 0.2) is 0 Å². The van der Waals surface area contributed by atoms with Gasteiger partial charge in [-0.05, 0) is 40.5 Å². The number of hydrogen-bond donors (Lipinski definition) is 1. The minimum absolute atomic E-state index is 0.118. The van der Waals surface area contributed by atoms with Gasteiger partial charge in [0.1, 0.15) is 0 Å². The molecule has 0 aromatic carbocycles. The molecule has 0 aliphatic carbocycles. The summed E-state index contributed by atoms with van der Waals surface area (Å²) in [6.07, 6.45) is 1.58. The van der Waals surface area contributed by atoms with E-state index in [1.54, 1.807) is 0 Å². The highest BCUT2D eigenvalue weighted by molar-refractivity contribution is 5.69. The van der Waals surface area contributed by atoms with Crippen molar-refractivity contribution < 1.29 is 9.53 Å². The van der Waals surface area contributed by atoms with E-state index in [1.807, 2.05) is 6.92 Å². The summed E-state index contributed by atoms with van der Waals surface area (Å²) < 4.78 is 4.80. The molecule has 4 nitrogen and oxygen atoms in total. The van der Waals surface area contributed by atoms with Gasteiger partial charge in [0.25, 0.3) is 0 Å². The van der Waals surface area contributed by atoms with Gasteiger partial charge in [-0.3, -0.25) is 4.79 Å². The van der Waals surface area contributed by atoms with Crippen LogP contribution in [0, 0.1) is 0 Å². The third kappa shape index (κ3) is 9.48. The smallest absolute Gasteiger partial charge is 0.307 e. The van der Waals surface area contributed by atoms with Crippen LogP contribution in [0.4, 0.5) is 0 Å². The summed E-state index contributed by atoms with van der Waals surface area (Å²) in [4.78, 5) is 13.1. The van der Waals surface area contributed by atoms with Crippen LogP contribution in [0.2, 0.25) is 0 Å². The molecule has 0 bridgehead atoms. The Labute approximate surface area is 86.6 Å². The third-order valence-corrected chi connectivity index (χ3v) is 1.77. The van der Waals surface area contributed by atoms with E-state index in [1.165, 1.54) is 0 Å². The molecule has 0 rings (SSSR count). The van der Waals surface area contributed by atoms with Crippen molar-refractivity contribution in [2.45, 2.75) is 19.8 Å². The fourth-order valence-electron chi connectivity index (χ4n) is 1.07. The average Bonchev–Trinajstić information content (AvgIpc) is 2.11. The van der Waals surface area contributed by atoms with Crippen LogP contribution in [0.5, 0.6) is 0 Å². The lowest BCUT2D eigenvalue weighted by Gasteiger charge is -2.09. The molecule has 0 aromatic rings. The molecule has 0 saturated heterocycles. The number of rotatable bonds is 8. The van der Waals surface area contributed by atoms with Crippen LogP contribution in [-0.2, 0) is 9.53 Å². The van der Waals surface area contributed by atoms with Crippen molar-refractivity contribution in [1.82, 2.24) is 10.2 Å². The van der Waals surface area contributed by atoms with E-state index in [4.69, 9.17) is 4.74 Å². The van der Waals surface area contributed by atoms with Gasteiger partial charge in [0.2, 0.25) is 0 Å². The first-order valence-electron chi connectivity index (χ1n) is 5.18. The van der Waals surface area contributed by atoms with Crippen molar-refractivity contribution in [3.8, 4) is 0 Å². The monoisotopic (exact) mass is 202 g/mol. The highest BCUT2D eigenvalue weighted by Gasteiger charge is 1.99. The summed E-state index contributed by atoms with van der Waals surface area (Å²) in [5, 5.41) is 3.20. The maximum atomic E-state index is 10.9. The molecular formula is C10H22N2O2. The minimum Gasteiger partial charge on any atom is -0.466 e. The fraction of sp³-hybridized carbons (Fsp3) is 0.900. The highest BCUT2D eigenvalue weighted by Crippen LogP contribution is 1.85. The lowest BCUT2D eigenvalue weighted by Crippen LogP contribution is -2.23. The van der Waals surface area contributed by atoms with Crippen molar-refractivity contribution in [3.05, 3.63) is 0 Å². The van der Waals surface area contributed by atoms with E-state index in [0.29, 0.717) is 19.6 Å². The predicted octanol–water partition coefficient (Wildman–Crippen LogP) is 0.481. The van der Waals surface area contributed by atoms with E-state index >= 15 is 0 Å². The zero-order valence-electron chi connectivity index (χ0n) is 9.51. The van der Waals surface area contributed by atoms with Crippen molar-refractivity contribution in [2.75, 3.05) is 40.3 Å². The summed E-state index contributed by atoms with van der Waals surface area (Å²) in [6, 6.07) is 0. The zero-order chi connectivity index (χ0) is 10.8. The Hall–Kier alpha value is -0.610. The fourth-order valence-corrected chi connectivity index (χ4v) is 1.07. The van der Waals surface area contributed by atoms with Crippen LogP contribution < -0.4 is 5.32 Å². The van der Waals surface area contributed by atoms with Crippen molar-refractivity contribution >= 4 is 5.97 Å². The van der Waals surface area contributed by atoms with Gasteiger partial charge in [0, 0.05) is 6.54 Å². The molecule has 0 saturated carbocycles. The Kier molecular flexibility index (Phi) is 8.57. The molecule has 0 unspecified atom stereocenters. The van der Waals surface area contributed by atoms with Gasteiger partial charge in [-0.1, -0.05) is 0 Å². The largest absolute Gasteiger partial charge is 0.466 e. The number of carbonyl (C=O) groups is 1. The van der Waals surface area contributed by atoms with Crippen molar-refractivity contribution in [1.29, 1.82) is 0 Å². The van der Waals surface area contributed by atoms with E-state index in [9.17, 15) is 4.79 Å². The van der Waals surface area contributed by atoms with E-state index in [2.05, 4.69) is 24.3 Å². The Morgan fingerprint density at radius 1 is 1.36 bits per heavy atom.